The molecule has 1 fully saturated rings. The lowest BCUT2D eigenvalue weighted by molar-refractivity contribution is -0.142. The van der Waals surface area contributed by atoms with E-state index in [1.54, 1.807) is 26.4 Å². The van der Waals surface area contributed by atoms with E-state index in [0.717, 1.165) is 17.5 Å². The van der Waals surface area contributed by atoms with E-state index < -0.39 is 18.1 Å². The van der Waals surface area contributed by atoms with Crippen LogP contribution in [0.3, 0.4) is 0 Å². The van der Waals surface area contributed by atoms with Crippen molar-refractivity contribution >= 4 is 29.2 Å². The summed E-state index contributed by atoms with van der Waals surface area (Å²) in [5.41, 5.74) is 1.55. The van der Waals surface area contributed by atoms with Crippen molar-refractivity contribution < 1.29 is 24.1 Å². The molecule has 0 spiro atoms. The Morgan fingerprint density at radius 3 is 2.28 bits per heavy atom. The molecule has 2 atom stereocenters. The Kier molecular flexibility index (Phi) is 6.77. The number of methoxy groups -OCH3 is 3. The maximum absolute atomic E-state index is 11.9. The summed E-state index contributed by atoms with van der Waals surface area (Å²) in [6, 6.07) is 7.86. The molecule has 2 aromatic rings. The van der Waals surface area contributed by atoms with Crippen molar-refractivity contribution in [3.63, 3.8) is 0 Å². The number of hydrogen-bond acceptors (Lipinski definition) is 5. The van der Waals surface area contributed by atoms with Crippen LogP contribution in [0.2, 0.25) is 10.0 Å². The Balaban J connectivity index is 2.22. The van der Waals surface area contributed by atoms with E-state index in [1.165, 1.54) is 7.11 Å². The number of nitrogens with zero attached hydrogens (tertiary/aromatic N) is 1. The number of rotatable bonds is 7. The summed E-state index contributed by atoms with van der Waals surface area (Å²) in [6.45, 7) is 0.622. The lowest BCUT2D eigenvalue weighted by Gasteiger charge is -2.33. The lowest BCUT2D eigenvalue weighted by atomic mass is 9.95. The fraction of sp³-hybridized carbons (Fsp3) is 0.381. The highest BCUT2D eigenvalue weighted by atomic mass is 35.5. The number of benzene rings is 2. The van der Waals surface area contributed by atoms with Gasteiger partial charge in [-0.25, -0.2) is 0 Å². The van der Waals surface area contributed by atoms with Crippen molar-refractivity contribution in [1.29, 1.82) is 0 Å². The van der Waals surface area contributed by atoms with Crippen LogP contribution < -0.4 is 14.2 Å². The third-order valence-electron chi connectivity index (χ3n) is 5.17. The first-order valence-corrected chi connectivity index (χ1v) is 9.90. The van der Waals surface area contributed by atoms with Crippen LogP contribution in [0.25, 0.3) is 0 Å². The SMILES string of the molecule is COc1cc(C(c2ccc(Cl)cc2Cl)N2CCCC2C(=O)O)cc(OC)c1OC. The van der Waals surface area contributed by atoms with Gasteiger partial charge in [-0.3, -0.25) is 9.69 Å². The molecule has 3 rings (SSSR count). The van der Waals surface area contributed by atoms with Crippen molar-refractivity contribution in [3.05, 3.63) is 51.5 Å². The van der Waals surface area contributed by atoms with Crippen LogP contribution in [0.1, 0.15) is 30.0 Å². The van der Waals surface area contributed by atoms with Crippen molar-refractivity contribution in [1.82, 2.24) is 4.90 Å². The summed E-state index contributed by atoms with van der Waals surface area (Å²) in [5, 5.41) is 10.7. The monoisotopic (exact) mass is 439 g/mol. The van der Waals surface area contributed by atoms with Gasteiger partial charge in [0.25, 0.3) is 0 Å². The smallest absolute Gasteiger partial charge is 0.320 e. The van der Waals surface area contributed by atoms with Gasteiger partial charge in [0.1, 0.15) is 6.04 Å². The number of hydrogen-bond donors (Lipinski definition) is 1. The number of aliphatic carboxylic acids is 1. The highest BCUT2D eigenvalue weighted by Gasteiger charge is 2.38. The third kappa shape index (κ3) is 4.25. The number of carboxylic acids is 1. The number of likely N-dealkylation sites (tertiary alicyclic amines) is 1. The summed E-state index contributed by atoms with van der Waals surface area (Å²) in [4.78, 5) is 13.8. The van der Waals surface area contributed by atoms with Gasteiger partial charge in [-0.2, -0.15) is 0 Å². The first kappa shape index (κ1) is 21.6. The minimum absolute atomic E-state index is 0.419. The number of ether oxygens (including phenoxy) is 3. The maximum atomic E-state index is 11.9. The molecule has 0 saturated carbocycles. The highest BCUT2D eigenvalue weighted by molar-refractivity contribution is 6.35. The molecule has 1 saturated heterocycles. The molecule has 8 heteroatoms. The van der Waals surface area contributed by atoms with Gasteiger partial charge in [0.15, 0.2) is 11.5 Å². The van der Waals surface area contributed by atoms with Crippen LogP contribution in [0.4, 0.5) is 0 Å². The summed E-state index contributed by atoms with van der Waals surface area (Å²) in [7, 11) is 4.62. The van der Waals surface area contributed by atoms with Crippen LogP contribution in [0, 0.1) is 0 Å². The average molecular weight is 440 g/mol. The topological polar surface area (TPSA) is 68.2 Å². The molecule has 29 heavy (non-hydrogen) atoms. The molecular formula is C21H23Cl2NO5. The van der Waals surface area contributed by atoms with Gasteiger partial charge in [-0.1, -0.05) is 29.3 Å². The zero-order valence-corrected chi connectivity index (χ0v) is 18.0. The molecular weight excluding hydrogens is 417 g/mol. The second-order valence-corrected chi connectivity index (χ2v) is 7.60. The number of carboxylic acid groups (broad SMARTS) is 1. The third-order valence-corrected chi connectivity index (χ3v) is 5.73. The van der Waals surface area contributed by atoms with Crippen LogP contribution in [0.5, 0.6) is 17.2 Å². The van der Waals surface area contributed by atoms with E-state index in [0.29, 0.717) is 40.3 Å². The molecule has 0 aliphatic carbocycles. The van der Waals surface area contributed by atoms with E-state index in [2.05, 4.69) is 0 Å². The molecule has 1 heterocycles. The predicted octanol–water partition coefficient (Wildman–Crippen LogP) is 4.66. The van der Waals surface area contributed by atoms with Crippen molar-refractivity contribution in [2.45, 2.75) is 24.9 Å². The minimum Gasteiger partial charge on any atom is -0.493 e. The minimum atomic E-state index is -0.856. The van der Waals surface area contributed by atoms with Gasteiger partial charge < -0.3 is 19.3 Å². The maximum Gasteiger partial charge on any atom is 0.320 e. The first-order chi connectivity index (χ1) is 13.9. The van der Waals surface area contributed by atoms with E-state index in [1.807, 2.05) is 23.1 Å². The van der Waals surface area contributed by atoms with Crippen LogP contribution >= 0.6 is 23.2 Å². The summed E-state index contributed by atoms with van der Waals surface area (Å²) < 4.78 is 16.4. The molecule has 6 nitrogen and oxygen atoms in total. The quantitative estimate of drug-likeness (QED) is 0.676. The molecule has 0 aromatic heterocycles. The Morgan fingerprint density at radius 2 is 1.76 bits per heavy atom. The zero-order chi connectivity index (χ0) is 21.1. The standard InChI is InChI=1S/C21H23Cl2NO5/c1-27-17-9-12(10-18(28-2)20(17)29-3)19(14-7-6-13(22)11-15(14)23)24-8-4-5-16(24)21(25)26/h6-7,9-11,16,19H,4-5,8H2,1-3H3,(H,25,26). The fourth-order valence-electron chi connectivity index (χ4n) is 3.90. The van der Waals surface area contributed by atoms with Crippen LogP contribution in [0.15, 0.2) is 30.3 Å². The second-order valence-electron chi connectivity index (χ2n) is 6.76. The molecule has 1 aliphatic heterocycles. The van der Waals surface area contributed by atoms with Gasteiger partial charge in [0.05, 0.1) is 27.4 Å². The van der Waals surface area contributed by atoms with Crippen LogP contribution in [-0.2, 0) is 4.79 Å². The van der Waals surface area contributed by atoms with E-state index >= 15 is 0 Å². The molecule has 0 bridgehead atoms. The fourth-order valence-corrected chi connectivity index (χ4v) is 4.41. The molecule has 156 valence electrons. The largest absolute Gasteiger partial charge is 0.493 e. The summed E-state index contributed by atoms with van der Waals surface area (Å²) >= 11 is 12.6. The molecule has 0 amide bonds. The van der Waals surface area contributed by atoms with Crippen molar-refractivity contribution in [3.8, 4) is 17.2 Å². The number of halogens is 2. The average Bonchev–Trinajstić information content (AvgIpc) is 3.18. The predicted molar refractivity (Wildman–Crippen MR) is 112 cm³/mol. The Bertz CT molecular complexity index is 880. The van der Waals surface area contributed by atoms with Gasteiger partial charge in [0, 0.05) is 16.6 Å². The molecule has 1 aliphatic rings. The molecule has 0 radical (unpaired) electrons. The van der Waals surface area contributed by atoms with E-state index in [9.17, 15) is 9.90 Å². The Morgan fingerprint density at radius 1 is 1.10 bits per heavy atom. The van der Waals surface area contributed by atoms with Gasteiger partial charge in [-0.05, 0) is 48.2 Å². The van der Waals surface area contributed by atoms with Crippen LogP contribution in [-0.4, -0.2) is 49.9 Å². The van der Waals surface area contributed by atoms with Gasteiger partial charge in [0.2, 0.25) is 5.75 Å². The molecule has 2 aromatic carbocycles. The lowest BCUT2D eigenvalue weighted by Crippen LogP contribution is -2.39. The second kappa shape index (κ2) is 9.11. The normalized spacial score (nSPS) is 17.8. The Hall–Kier alpha value is -2.15. The van der Waals surface area contributed by atoms with E-state index in [-0.39, 0.29) is 0 Å². The summed E-state index contributed by atoms with van der Waals surface area (Å²) in [5.74, 6) is 0.590. The summed E-state index contributed by atoms with van der Waals surface area (Å²) in [6.07, 6.45) is 1.35. The van der Waals surface area contributed by atoms with Crippen molar-refractivity contribution in [2.75, 3.05) is 27.9 Å². The van der Waals surface area contributed by atoms with Crippen molar-refractivity contribution in [2.24, 2.45) is 0 Å². The highest BCUT2D eigenvalue weighted by Crippen LogP contribution is 2.45. The zero-order valence-electron chi connectivity index (χ0n) is 16.4. The Labute approximate surface area is 179 Å². The molecule has 2 unspecified atom stereocenters. The number of carbonyl (C=O) groups is 1. The first-order valence-electron chi connectivity index (χ1n) is 9.14. The van der Waals surface area contributed by atoms with Gasteiger partial charge in [-0.15, -0.1) is 0 Å². The molecule has 1 N–H and O–H groups in total. The van der Waals surface area contributed by atoms with E-state index in [4.69, 9.17) is 37.4 Å². The van der Waals surface area contributed by atoms with Gasteiger partial charge >= 0.3 is 5.97 Å².